The molecule has 0 spiro atoms. The molecule has 2 atom stereocenters. The fraction of sp³-hybridized carbons (Fsp3) is 0.733. The van der Waals surface area contributed by atoms with E-state index >= 15 is 0 Å². The van der Waals surface area contributed by atoms with Crippen LogP contribution in [-0.2, 0) is 14.9 Å². The number of rotatable bonds is 7. The Morgan fingerprint density at radius 1 is 1.55 bits per heavy atom. The Labute approximate surface area is 124 Å². The molecule has 0 radical (unpaired) electrons. The lowest BCUT2D eigenvalue weighted by atomic mass is 9.90. The highest BCUT2D eigenvalue weighted by molar-refractivity contribution is 7.13. The van der Waals surface area contributed by atoms with Gasteiger partial charge in [-0.25, -0.2) is 4.98 Å². The first-order valence-electron chi connectivity index (χ1n) is 7.38. The fourth-order valence-electron chi connectivity index (χ4n) is 2.32. The molecule has 5 heteroatoms. The third-order valence-corrected chi connectivity index (χ3v) is 4.59. The van der Waals surface area contributed by atoms with Gasteiger partial charge in [0, 0.05) is 11.4 Å². The van der Waals surface area contributed by atoms with Gasteiger partial charge in [-0.1, -0.05) is 13.3 Å². The lowest BCUT2D eigenvalue weighted by Gasteiger charge is -2.19. The highest BCUT2D eigenvalue weighted by Gasteiger charge is 2.38. The van der Waals surface area contributed by atoms with Crippen molar-refractivity contribution in [2.75, 3.05) is 11.9 Å². The number of aromatic nitrogens is 1. The first kappa shape index (κ1) is 15.3. The number of carbonyl (C=O) groups is 1. The molecule has 1 N–H and O–H groups in total. The zero-order chi connectivity index (χ0) is 14.8. The minimum atomic E-state index is -0.682. The lowest BCUT2D eigenvalue weighted by molar-refractivity contribution is -0.148. The number of esters is 1. The van der Waals surface area contributed by atoms with Crippen molar-refractivity contribution in [2.24, 2.45) is 5.92 Å². The molecule has 1 saturated carbocycles. The Morgan fingerprint density at radius 2 is 2.30 bits per heavy atom. The van der Waals surface area contributed by atoms with E-state index < -0.39 is 5.41 Å². The number of hydrogen-bond acceptors (Lipinski definition) is 5. The van der Waals surface area contributed by atoms with Gasteiger partial charge in [0.25, 0.3) is 0 Å². The van der Waals surface area contributed by atoms with E-state index in [1.807, 2.05) is 26.2 Å². The summed E-state index contributed by atoms with van der Waals surface area (Å²) in [6, 6.07) is 0.569. The van der Waals surface area contributed by atoms with E-state index in [2.05, 4.69) is 17.2 Å². The van der Waals surface area contributed by atoms with Crippen molar-refractivity contribution >= 4 is 22.4 Å². The number of ether oxygens (including phenoxy) is 1. The van der Waals surface area contributed by atoms with Gasteiger partial charge in [0.15, 0.2) is 5.13 Å². The lowest BCUT2D eigenvalue weighted by Crippen LogP contribution is -2.31. The van der Waals surface area contributed by atoms with E-state index in [-0.39, 0.29) is 5.97 Å². The van der Waals surface area contributed by atoms with Crippen LogP contribution in [-0.4, -0.2) is 23.6 Å². The smallest absolute Gasteiger partial charge is 0.317 e. The average molecular weight is 296 g/mol. The standard InChI is InChI=1S/C15H24N2O2S/c1-5-7-10-8-11(10)16-14-17-12(9-20-14)15(3,4)13(18)19-6-2/h9-11H,5-8H2,1-4H3,(H,16,17). The van der Waals surface area contributed by atoms with Crippen LogP contribution in [0.1, 0.15) is 52.7 Å². The summed E-state index contributed by atoms with van der Waals surface area (Å²) >= 11 is 1.57. The van der Waals surface area contributed by atoms with E-state index in [0.29, 0.717) is 12.6 Å². The summed E-state index contributed by atoms with van der Waals surface area (Å²) in [6.07, 6.45) is 3.76. The molecule has 1 aliphatic rings. The Bertz CT molecular complexity index is 470. The molecule has 0 aromatic carbocycles. The van der Waals surface area contributed by atoms with Crippen LogP contribution in [0.4, 0.5) is 5.13 Å². The molecule has 0 aliphatic heterocycles. The van der Waals surface area contributed by atoms with Crippen LogP contribution in [0.15, 0.2) is 5.38 Å². The number of hydrogen-bond donors (Lipinski definition) is 1. The summed E-state index contributed by atoms with van der Waals surface area (Å²) in [6.45, 7) is 8.17. The van der Waals surface area contributed by atoms with Crippen molar-refractivity contribution in [1.82, 2.24) is 4.98 Å². The molecule has 1 aliphatic carbocycles. The number of anilines is 1. The second kappa shape index (κ2) is 6.12. The van der Waals surface area contributed by atoms with E-state index in [4.69, 9.17) is 4.74 Å². The van der Waals surface area contributed by atoms with Crippen molar-refractivity contribution in [3.63, 3.8) is 0 Å². The van der Waals surface area contributed by atoms with E-state index in [1.54, 1.807) is 11.3 Å². The predicted octanol–water partition coefficient (Wildman–Crippen LogP) is 3.58. The first-order valence-corrected chi connectivity index (χ1v) is 8.26. The maximum absolute atomic E-state index is 12.0. The van der Waals surface area contributed by atoms with Crippen LogP contribution in [0.25, 0.3) is 0 Å². The van der Waals surface area contributed by atoms with Gasteiger partial charge in [-0.15, -0.1) is 11.3 Å². The minimum Gasteiger partial charge on any atom is -0.465 e. The largest absolute Gasteiger partial charge is 0.465 e. The SMILES string of the molecule is CCCC1CC1Nc1nc(C(C)(C)C(=O)OCC)cs1. The molecule has 0 amide bonds. The van der Waals surface area contributed by atoms with Crippen molar-refractivity contribution in [3.8, 4) is 0 Å². The highest BCUT2D eigenvalue weighted by atomic mass is 32.1. The monoisotopic (exact) mass is 296 g/mol. The summed E-state index contributed by atoms with van der Waals surface area (Å²) < 4.78 is 5.12. The fourth-order valence-corrected chi connectivity index (χ4v) is 3.26. The molecule has 0 bridgehead atoms. The molecule has 4 nitrogen and oxygen atoms in total. The van der Waals surface area contributed by atoms with Gasteiger partial charge < -0.3 is 10.1 Å². The maximum Gasteiger partial charge on any atom is 0.317 e. The molecule has 1 heterocycles. The van der Waals surface area contributed by atoms with Crippen molar-refractivity contribution in [2.45, 2.75) is 58.4 Å². The molecule has 1 fully saturated rings. The van der Waals surface area contributed by atoms with Crippen LogP contribution >= 0.6 is 11.3 Å². The second-order valence-corrected chi connectivity index (χ2v) is 6.78. The van der Waals surface area contributed by atoms with E-state index in [9.17, 15) is 4.79 Å². The van der Waals surface area contributed by atoms with E-state index in [1.165, 1.54) is 19.3 Å². The zero-order valence-corrected chi connectivity index (χ0v) is 13.5. The number of nitrogens with zero attached hydrogens (tertiary/aromatic N) is 1. The number of nitrogens with one attached hydrogen (secondary N) is 1. The van der Waals surface area contributed by atoms with Crippen LogP contribution in [0, 0.1) is 5.92 Å². The summed E-state index contributed by atoms with van der Waals surface area (Å²) in [7, 11) is 0. The Balaban J connectivity index is 1.96. The highest BCUT2D eigenvalue weighted by Crippen LogP contribution is 2.38. The van der Waals surface area contributed by atoms with Crippen molar-refractivity contribution in [1.29, 1.82) is 0 Å². The normalized spacial score (nSPS) is 21.6. The van der Waals surface area contributed by atoms with Gasteiger partial charge in [-0.05, 0) is 39.5 Å². The molecule has 1 aromatic heterocycles. The minimum absolute atomic E-state index is 0.216. The average Bonchev–Trinajstić information content (AvgIpc) is 2.93. The van der Waals surface area contributed by atoms with Crippen molar-refractivity contribution < 1.29 is 9.53 Å². The molecule has 20 heavy (non-hydrogen) atoms. The molecule has 112 valence electrons. The van der Waals surface area contributed by atoms with Crippen LogP contribution in [0.3, 0.4) is 0 Å². The van der Waals surface area contributed by atoms with Gasteiger partial charge in [-0.2, -0.15) is 0 Å². The second-order valence-electron chi connectivity index (χ2n) is 5.92. The zero-order valence-electron chi connectivity index (χ0n) is 12.7. The quantitative estimate of drug-likeness (QED) is 0.781. The Hall–Kier alpha value is -1.10. The summed E-state index contributed by atoms with van der Waals surface area (Å²) in [5, 5.41) is 6.34. The Morgan fingerprint density at radius 3 is 2.95 bits per heavy atom. The van der Waals surface area contributed by atoms with Crippen LogP contribution in [0.2, 0.25) is 0 Å². The van der Waals surface area contributed by atoms with Gasteiger partial charge in [0.1, 0.15) is 5.41 Å². The first-order chi connectivity index (χ1) is 9.48. The van der Waals surface area contributed by atoms with Crippen LogP contribution < -0.4 is 5.32 Å². The van der Waals surface area contributed by atoms with Crippen molar-refractivity contribution in [3.05, 3.63) is 11.1 Å². The third kappa shape index (κ3) is 3.32. The molecule has 1 aromatic rings. The third-order valence-electron chi connectivity index (χ3n) is 3.82. The topological polar surface area (TPSA) is 51.2 Å². The van der Waals surface area contributed by atoms with Gasteiger partial charge in [0.05, 0.1) is 12.3 Å². The molecule has 2 unspecified atom stereocenters. The summed E-state index contributed by atoms with van der Waals surface area (Å²) in [4.78, 5) is 16.5. The van der Waals surface area contributed by atoms with Gasteiger partial charge in [-0.3, -0.25) is 4.79 Å². The van der Waals surface area contributed by atoms with Crippen LogP contribution in [0.5, 0.6) is 0 Å². The Kier molecular flexibility index (Phi) is 4.68. The van der Waals surface area contributed by atoms with Gasteiger partial charge >= 0.3 is 5.97 Å². The maximum atomic E-state index is 12.0. The van der Waals surface area contributed by atoms with E-state index in [0.717, 1.165) is 16.7 Å². The number of thiazole rings is 1. The summed E-state index contributed by atoms with van der Waals surface area (Å²) in [5.74, 6) is 0.581. The molecule has 0 saturated heterocycles. The molecular formula is C15H24N2O2S. The number of carbonyl (C=O) groups excluding carboxylic acids is 1. The molecule has 2 rings (SSSR count). The summed E-state index contributed by atoms with van der Waals surface area (Å²) in [5.41, 5.74) is 0.106. The van der Waals surface area contributed by atoms with Gasteiger partial charge in [0.2, 0.25) is 0 Å². The predicted molar refractivity (Wildman–Crippen MR) is 82.2 cm³/mol. The molecular weight excluding hydrogens is 272 g/mol.